The predicted molar refractivity (Wildman–Crippen MR) is 187 cm³/mol. The number of allylic oxidation sites excluding steroid dienone is 1. The van der Waals surface area contributed by atoms with Crippen LogP contribution in [0.15, 0.2) is 90.3 Å². The summed E-state index contributed by atoms with van der Waals surface area (Å²) in [5.74, 6) is -1.70. The van der Waals surface area contributed by atoms with E-state index in [0.717, 1.165) is 49.5 Å². The van der Waals surface area contributed by atoms with Crippen LogP contribution in [-0.4, -0.2) is 45.5 Å². The number of nitrogens with one attached hydrogen (secondary N) is 2. The van der Waals surface area contributed by atoms with Crippen LogP contribution < -0.4 is 14.8 Å². The molecule has 0 saturated heterocycles. The van der Waals surface area contributed by atoms with Crippen molar-refractivity contribution in [3.63, 3.8) is 0 Å². The zero-order valence-electron chi connectivity index (χ0n) is 28.4. The Kier molecular flexibility index (Phi) is 12.9. The fraction of sp³-hybridized carbons (Fsp3) is 0.447. The summed E-state index contributed by atoms with van der Waals surface area (Å²) < 4.78 is 64.7. The highest BCUT2D eigenvalue weighted by molar-refractivity contribution is 7.89. The molecule has 0 unspecified atom stereocenters. The number of sulfonamides is 1. The van der Waals surface area contributed by atoms with Crippen LogP contribution in [0.25, 0.3) is 0 Å². The Morgan fingerprint density at radius 3 is 2.40 bits per heavy atom. The Morgan fingerprint density at radius 1 is 1.02 bits per heavy atom. The number of fused-ring (bicyclic) bond motifs is 1. The summed E-state index contributed by atoms with van der Waals surface area (Å²) in [4.78, 5) is 15.7. The van der Waals surface area contributed by atoms with Gasteiger partial charge in [-0.2, -0.15) is 0 Å². The second-order valence-corrected chi connectivity index (χ2v) is 15.2. The lowest BCUT2D eigenvalue weighted by Crippen LogP contribution is -2.36. The van der Waals surface area contributed by atoms with Gasteiger partial charge in [0, 0.05) is 50.0 Å². The molecule has 1 amide bonds. The minimum atomic E-state index is -4.28. The summed E-state index contributed by atoms with van der Waals surface area (Å²) in [7, 11) is -4.28. The van der Waals surface area contributed by atoms with Crippen molar-refractivity contribution in [3.8, 4) is 5.75 Å². The van der Waals surface area contributed by atoms with E-state index < -0.39 is 34.0 Å². The van der Waals surface area contributed by atoms with E-state index in [-0.39, 0.29) is 23.3 Å². The molecule has 0 spiro atoms. The summed E-state index contributed by atoms with van der Waals surface area (Å²) >= 11 is 0. The summed E-state index contributed by atoms with van der Waals surface area (Å²) in [6.45, 7) is 15.8. The molecule has 10 heteroatoms. The molecule has 0 aromatic heterocycles. The maximum Gasteiger partial charge on any atom is 0.276 e. The van der Waals surface area contributed by atoms with E-state index in [4.69, 9.17) is 4.74 Å². The van der Waals surface area contributed by atoms with Crippen molar-refractivity contribution < 1.29 is 26.7 Å². The number of carbonyl (C=O) groups excluding carboxylic acids is 1. The quantitative estimate of drug-likeness (QED) is 0.144. The maximum absolute atomic E-state index is 14.6. The van der Waals surface area contributed by atoms with E-state index in [1.54, 1.807) is 30.3 Å². The molecule has 4 rings (SSSR count). The fourth-order valence-corrected chi connectivity index (χ4v) is 7.38. The average Bonchev–Trinajstić information content (AvgIpc) is 3.03. The Balaban J connectivity index is 1.47. The molecule has 2 N–H and O–H groups in total. The number of carbonyl (C=O) groups is 1. The number of amides is 1. The number of nitrogens with zero attached hydrogens (tertiary/aromatic N) is 1. The Bertz CT molecular complexity index is 1620. The van der Waals surface area contributed by atoms with Gasteiger partial charge in [-0.05, 0) is 47.6 Å². The third kappa shape index (κ3) is 10.4. The minimum absolute atomic E-state index is 0.193. The van der Waals surface area contributed by atoms with Crippen LogP contribution in [0, 0.1) is 11.8 Å². The van der Waals surface area contributed by atoms with Gasteiger partial charge in [-0.3, -0.25) is 4.79 Å². The summed E-state index contributed by atoms with van der Waals surface area (Å²) in [5.41, 5.74) is 2.20. The number of alkyl halides is 2. The maximum atomic E-state index is 14.6. The number of rotatable bonds is 17. The van der Waals surface area contributed by atoms with Crippen LogP contribution in [-0.2, 0) is 27.2 Å². The number of ether oxygens (including phenoxy) is 1. The average molecular weight is 682 g/mol. The fourth-order valence-electron chi connectivity index (χ4n) is 6.11. The zero-order valence-corrected chi connectivity index (χ0v) is 29.2. The van der Waals surface area contributed by atoms with Crippen LogP contribution in [0.5, 0.6) is 5.75 Å². The molecule has 3 aromatic carbocycles. The molecule has 260 valence electrons. The molecule has 1 aliphatic rings. The van der Waals surface area contributed by atoms with E-state index in [0.29, 0.717) is 30.4 Å². The van der Waals surface area contributed by atoms with Gasteiger partial charge in [0.25, 0.3) is 5.92 Å². The van der Waals surface area contributed by atoms with E-state index in [1.807, 2.05) is 6.07 Å². The summed E-state index contributed by atoms with van der Waals surface area (Å²) in [6, 6.07) is 18.4. The van der Waals surface area contributed by atoms with Gasteiger partial charge >= 0.3 is 0 Å². The van der Waals surface area contributed by atoms with E-state index in [2.05, 4.69) is 61.3 Å². The number of benzene rings is 3. The summed E-state index contributed by atoms with van der Waals surface area (Å²) in [6.07, 6.45) is 1.74. The van der Waals surface area contributed by atoms with Gasteiger partial charge in [-0.1, -0.05) is 88.4 Å². The molecule has 0 aliphatic carbocycles. The Hall–Kier alpha value is -3.60. The van der Waals surface area contributed by atoms with Crippen LogP contribution >= 0.6 is 0 Å². The first kappa shape index (κ1) is 37.2. The number of hydrogen-bond donors (Lipinski definition) is 2. The molecule has 0 radical (unpaired) electrons. The highest BCUT2D eigenvalue weighted by Gasteiger charge is 2.32. The third-order valence-corrected chi connectivity index (χ3v) is 9.74. The van der Waals surface area contributed by atoms with Crippen LogP contribution in [0.4, 0.5) is 8.78 Å². The molecule has 0 saturated carbocycles. The van der Waals surface area contributed by atoms with E-state index in [9.17, 15) is 22.0 Å². The van der Waals surface area contributed by atoms with Crippen molar-refractivity contribution in [1.29, 1.82) is 0 Å². The molecule has 0 fully saturated rings. The van der Waals surface area contributed by atoms with E-state index in [1.165, 1.54) is 23.8 Å². The predicted octanol–water partition coefficient (Wildman–Crippen LogP) is 7.56. The SMILES string of the molecule is C=CCC(F)(F)c1cccc(S(=O)(=O)N[C@H](CC(=O)N[C@@H]2CCOc3cc(CCN(CC(C)C)CC(C)C)ccc32)c2ccccc2)c1. The third-order valence-electron chi connectivity index (χ3n) is 8.27. The van der Waals surface area contributed by atoms with Crippen LogP contribution in [0.3, 0.4) is 0 Å². The molecular formula is C38H49F2N3O4S. The van der Waals surface area contributed by atoms with Crippen molar-refractivity contribution in [2.75, 3.05) is 26.2 Å². The topological polar surface area (TPSA) is 87.7 Å². The zero-order chi connectivity index (χ0) is 34.9. The van der Waals surface area contributed by atoms with Crippen molar-refractivity contribution >= 4 is 15.9 Å². The molecule has 1 aliphatic heterocycles. The highest BCUT2D eigenvalue weighted by atomic mass is 32.2. The van der Waals surface area contributed by atoms with Crippen molar-refractivity contribution in [1.82, 2.24) is 14.9 Å². The van der Waals surface area contributed by atoms with E-state index >= 15 is 0 Å². The second-order valence-electron chi connectivity index (χ2n) is 13.4. The normalized spacial score (nSPS) is 15.6. The van der Waals surface area contributed by atoms with Crippen molar-refractivity contribution in [2.24, 2.45) is 11.8 Å². The van der Waals surface area contributed by atoms with Crippen LogP contribution in [0.1, 0.15) is 81.3 Å². The van der Waals surface area contributed by atoms with Gasteiger partial charge in [0.1, 0.15) is 5.75 Å². The largest absolute Gasteiger partial charge is 0.493 e. The first-order valence-electron chi connectivity index (χ1n) is 16.7. The molecule has 48 heavy (non-hydrogen) atoms. The molecule has 1 heterocycles. The van der Waals surface area contributed by atoms with Gasteiger partial charge in [0.05, 0.1) is 23.6 Å². The minimum Gasteiger partial charge on any atom is -0.493 e. The van der Waals surface area contributed by atoms with Gasteiger partial charge < -0.3 is 15.0 Å². The number of halogens is 2. The number of hydrogen-bond acceptors (Lipinski definition) is 5. The smallest absolute Gasteiger partial charge is 0.276 e. The van der Waals surface area contributed by atoms with Gasteiger partial charge in [-0.25, -0.2) is 21.9 Å². The second kappa shape index (κ2) is 16.7. The van der Waals surface area contributed by atoms with Gasteiger partial charge in [0.15, 0.2) is 0 Å². The van der Waals surface area contributed by atoms with Crippen molar-refractivity contribution in [3.05, 3.63) is 108 Å². The summed E-state index contributed by atoms with van der Waals surface area (Å²) in [5, 5.41) is 3.09. The monoisotopic (exact) mass is 681 g/mol. The Labute approximate surface area is 284 Å². The molecule has 3 aromatic rings. The van der Waals surface area contributed by atoms with Gasteiger partial charge in [0.2, 0.25) is 15.9 Å². The van der Waals surface area contributed by atoms with Crippen LogP contribution in [0.2, 0.25) is 0 Å². The molecular weight excluding hydrogens is 632 g/mol. The van der Waals surface area contributed by atoms with Crippen molar-refractivity contribution in [2.45, 2.75) is 76.3 Å². The lowest BCUT2D eigenvalue weighted by atomic mass is 9.97. The van der Waals surface area contributed by atoms with Gasteiger partial charge in [-0.15, -0.1) is 6.58 Å². The molecule has 2 atom stereocenters. The Morgan fingerprint density at radius 2 is 1.73 bits per heavy atom. The lowest BCUT2D eigenvalue weighted by Gasteiger charge is -2.29. The molecule has 0 bridgehead atoms. The first-order chi connectivity index (χ1) is 22.8. The molecule has 7 nitrogen and oxygen atoms in total. The lowest BCUT2D eigenvalue weighted by molar-refractivity contribution is -0.122. The first-order valence-corrected chi connectivity index (χ1v) is 18.2. The highest BCUT2D eigenvalue weighted by Crippen LogP contribution is 2.35. The standard InChI is InChI=1S/C38H49F2N3O4S/c1-6-19-38(39,40)31-13-10-14-32(23-31)48(45,46)42-35(30-11-8-7-9-12-30)24-37(44)41-34-18-21-47-36-22-29(15-16-33(34)36)17-20-43(25-27(2)3)26-28(4)5/h6-16,22-23,27-28,34-35,42H,1,17-21,24-26H2,2-5H3,(H,41,44)/t34-,35-/m1/s1.